The van der Waals surface area contributed by atoms with E-state index in [1.807, 2.05) is 0 Å². The van der Waals surface area contributed by atoms with Crippen LogP contribution in [-0.4, -0.2) is 38.2 Å². The van der Waals surface area contributed by atoms with Gasteiger partial charge in [-0.05, 0) is 0 Å². The lowest BCUT2D eigenvalue weighted by Crippen LogP contribution is -2.13. The highest BCUT2D eigenvalue weighted by molar-refractivity contribution is 5.92. The average Bonchev–Trinajstić information content (AvgIpc) is 2.40. The van der Waals surface area contributed by atoms with Crippen LogP contribution in [0.2, 0.25) is 0 Å². The zero-order valence-electron chi connectivity index (χ0n) is 8.44. The number of hydrogen-bond acceptors (Lipinski definition) is 5. The quantitative estimate of drug-likeness (QED) is 0.652. The number of carbonyl (C=O) groups excluding carboxylic acids is 1. The first kappa shape index (κ1) is 11.0. The molecule has 1 rings (SSSR count). The number of ether oxygens (including phenoxy) is 3. The number of cyclic esters (lactones) is 1. The molecule has 0 radical (unpaired) electrons. The van der Waals surface area contributed by atoms with Crippen molar-refractivity contribution in [3.8, 4) is 0 Å². The molecule has 0 aromatic rings. The van der Waals surface area contributed by atoms with E-state index in [9.17, 15) is 9.90 Å². The molecule has 1 N–H and O–H groups in total. The van der Waals surface area contributed by atoms with Crippen molar-refractivity contribution >= 4 is 5.97 Å². The summed E-state index contributed by atoms with van der Waals surface area (Å²) in [6.45, 7) is 2.18. The smallest absolute Gasteiger partial charge is 0.340 e. The Bertz CT molecular complexity index is 258. The fraction of sp³-hybridized carbons (Fsp3) is 0.667. The Balaban J connectivity index is 2.90. The predicted octanol–water partition coefficient (Wildman–Crippen LogP) is 0.0446. The van der Waals surface area contributed by atoms with Gasteiger partial charge in [0.05, 0.1) is 19.3 Å². The second-order valence-electron chi connectivity index (χ2n) is 3.10. The van der Waals surface area contributed by atoms with Gasteiger partial charge in [0.25, 0.3) is 6.29 Å². The fourth-order valence-corrected chi connectivity index (χ4v) is 1.44. The van der Waals surface area contributed by atoms with Crippen LogP contribution in [0.15, 0.2) is 11.3 Å². The standard InChI is InChI=1S/C9H14O5/c1-5(4-12-2)6-7(13-3)9(11)14-8(6)10/h5,9,11H,4H2,1-3H3/t5-,9+/m1/s1. The first-order valence-electron chi connectivity index (χ1n) is 4.27. The molecule has 80 valence electrons. The Labute approximate surface area is 82.3 Å². The lowest BCUT2D eigenvalue weighted by molar-refractivity contribution is -0.154. The molecule has 1 heterocycles. The molecule has 0 aromatic carbocycles. The number of aliphatic hydroxyl groups is 1. The molecule has 5 heteroatoms. The van der Waals surface area contributed by atoms with Crippen LogP contribution in [-0.2, 0) is 19.0 Å². The summed E-state index contributed by atoms with van der Waals surface area (Å²) in [5, 5.41) is 9.28. The minimum Gasteiger partial charge on any atom is -0.494 e. The molecule has 1 aliphatic heterocycles. The van der Waals surface area contributed by atoms with Crippen LogP contribution in [0.4, 0.5) is 0 Å². The van der Waals surface area contributed by atoms with Crippen molar-refractivity contribution in [3.63, 3.8) is 0 Å². The second kappa shape index (κ2) is 4.43. The molecule has 2 atom stereocenters. The summed E-state index contributed by atoms with van der Waals surface area (Å²) >= 11 is 0. The summed E-state index contributed by atoms with van der Waals surface area (Å²) in [6.07, 6.45) is -1.28. The third-order valence-electron chi connectivity index (χ3n) is 2.06. The molecule has 5 nitrogen and oxygen atoms in total. The number of aliphatic hydroxyl groups excluding tert-OH is 1. The summed E-state index contributed by atoms with van der Waals surface area (Å²) in [6, 6.07) is 0. The van der Waals surface area contributed by atoms with Crippen LogP contribution in [0.25, 0.3) is 0 Å². The number of carbonyl (C=O) groups is 1. The van der Waals surface area contributed by atoms with E-state index in [2.05, 4.69) is 4.74 Å². The van der Waals surface area contributed by atoms with Gasteiger partial charge in [-0.25, -0.2) is 4.79 Å². The van der Waals surface area contributed by atoms with Crippen LogP contribution in [0.3, 0.4) is 0 Å². The number of methoxy groups -OCH3 is 2. The summed E-state index contributed by atoms with van der Waals surface area (Å²) in [5.41, 5.74) is 0.349. The predicted molar refractivity (Wildman–Crippen MR) is 47.2 cm³/mol. The zero-order valence-corrected chi connectivity index (χ0v) is 8.44. The molecule has 0 bridgehead atoms. The van der Waals surface area contributed by atoms with E-state index in [0.717, 1.165) is 0 Å². The summed E-state index contributed by atoms with van der Waals surface area (Å²) in [7, 11) is 2.93. The van der Waals surface area contributed by atoms with Gasteiger partial charge in [-0.15, -0.1) is 0 Å². The number of rotatable bonds is 4. The van der Waals surface area contributed by atoms with Crippen LogP contribution < -0.4 is 0 Å². The van der Waals surface area contributed by atoms with Gasteiger partial charge >= 0.3 is 5.97 Å². The monoisotopic (exact) mass is 202 g/mol. The van der Waals surface area contributed by atoms with E-state index in [1.54, 1.807) is 14.0 Å². The van der Waals surface area contributed by atoms with Crippen LogP contribution in [0, 0.1) is 5.92 Å². The fourth-order valence-electron chi connectivity index (χ4n) is 1.44. The summed E-state index contributed by atoms with van der Waals surface area (Å²) < 4.78 is 14.4. The van der Waals surface area contributed by atoms with Crippen molar-refractivity contribution < 1.29 is 24.1 Å². The Morgan fingerprint density at radius 3 is 2.71 bits per heavy atom. The van der Waals surface area contributed by atoms with Crippen LogP contribution >= 0.6 is 0 Å². The molecular weight excluding hydrogens is 188 g/mol. The van der Waals surface area contributed by atoms with E-state index >= 15 is 0 Å². The highest BCUT2D eigenvalue weighted by Crippen LogP contribution is 2.27. The van der Waals surface area contributed by atoms with Gasteiger partial charge in [0.15, 0.2) is 5.76 Å². The minimum atomic E-state index is -1.28. The van der Waals surface area contributed by atoms with Gasteiger partial charge in [-0.2, -0.15) is 0 Å². The van der Waals surface area contributed by atoms with Gasteiger partial charge in [0.2, 0.25) is 0 Å². The molecule has 1 aliphatic rings. The first-order chi connectivity index (χ1) is 6.61. The minimum absolute atomic E-state index is 0.153. The van der Waals surface area contributed by atoms with Gasteiger partial charge < -0.3 is 19.3 Å². The first-order valence-corrected chi connectivity index (χ1v) is 4.27. The van der Waals surface area contributed by atoms with E-state index in [-0.39, 0.29) is 11.7 Å². The van der Waals surface area contributed by atoms with Crippen molar-refractivity contribution in [1.29, 1.82) is 0 Å². The van der Waals surface area contributed by atoms with Crippen molar-refractivity contribution in [2.45, 2.75) is 13.2 Å². The molecule has 0 amide bonds. The molecule has 0 aromatic heterocycles. The van der Waals surface area contributed by atoms with E-state index in [0.29, 0.717) is 12.2 Å². The maximum Gasteiger partial charge on any atom is 0.340 e. The Kier molecular flexibility index (Phi) is 3.49. The lowest BCUT2D eigenvalue weighted by atomic mass is 10.0. The third-order valence-corrected chi connectivity index (χ3v) is 2.06. The molecule has 0 saturated carbocycles. The third kappa shape index (κ3) is 1.88. The molecule has 0 aliphatic carbocycles. The number of esters is 1. The van der Waals surface area contributed by atoms with E-state index in [1.165, 1.54) is 7.11 Å². The normalized spacial score (nSPS) is 23.7. The molecule has 0 saturated heterocycles. The van der Waals surface area contributed by atoms with Crippen LogP contribution in [0.5, 0.6) is 0 Å². The van der Waals surface area contributed by atoms with Gasteiger partial charge in [0.1, 0.15) is 0 Å². The largest absolute Gasteiger partial charge is 0.494 e. The maximum absolute atomic E-state index is 11.3. The second-order valence-corrected chi connectivity index (χ2v) is 3.10. The lowest BCUT2D eigenvalue weighted by Gasteiger charge is -2.10. The zero-order chi connectivity index (χ0) is 10.7. The summed E-state index contributed by atoms with van der Waals surface area (Å²) in [4.78, 5) is 11.3. The maximum atomic E-state index is 11.3. The van der Waals surface area contributed by atoms with Gasteiger partial charge in [-0.3, -0.25) is 0 Å². The molecule has 0 spiro atoms. The van der Waals surface area contributed by atoms with E-state index in [4.69, 9.17) is 9.47 Å². The molecule has 0 fully saturated rings. The van der Waals surface area contributed by atoms with Gasteiger partial charge in [-0.1, -0.05) is 6.92 Å². The molecule has 0 unspecified atom stereocenters. The molecular formula is C9H14O5. The topological polar surface area (TPSA) is 65.0 Å². The van der Waals surface area contributed by atoms with Crippen molar-refractivity contribution in [1.82, 2.24) is 0 Å². The summed E-state index contributed by atoms with van der Waals surface area (Å²) in [5.74, 6) is -0.516. The highest BCUT2D eigenvalue weighted by atomic mass is 16.7. The van der Waals surface area contributed by atoms with Gasteiger partial charge in [0, 0.05) is 13.0 Å². The van der Waals surface area contributed by atoms with E-state index < -0.39 is 12.3 Å². The number of hydrogen-bond donors (Lipinski definition) is 1. The highest BCUT2D eigenvalue weighted by Gasteiger charge is 2.36. The van der Waals surface area contributed by atoms with Crippen molar-refractivity contribution in [2.24, 2.45) is 5.92 Å². The van der Waals surface area contributed by atoms with Crippen LogP contribution in [0.1, 0.15) is 6.92 Å². The Hall–Kier alpha value is -1.07. The molecule has 14 heavy (non-hydrogen) atoms. The Morgan fingerprint density at radius 2 is 2.21 bits per heavy atom. The average molecular weight is 202 g/mol. The SMILES string of the molecule is COC[C@@H](C)C1=C(OC)[C@@H](O)OC1=O. The van der Waals surface area contributed by atoms with Crippen molar-refractivity contribution in [3.05, 3.63) is 11.3 Å². The Morgan fingerprint density at radius 1 is 1.57 bits per heavy atom. The van der Waals surface area contributed by atoms with Crippen molar-refractivity contribution in [2.75, 3.05) is 20.8 Å².